The number of aryl methyl sites for hydroxylation is 2. The zero-order valence-electron chi connectivity index (χ0n) is 10.1. The van der Waals surface area contributed by atoms with Crippen LogP contribution in [-0.4, -0.2) is 17.6 Å². The van der Waals surface area contributed by atoms with E-state index in [-0.39, 0.29) is 12.5 Å². The fraction of sp³-hybridized carbons (Fsp3) is 0.462. The van der Waals surface area contributed by atoms with Gasteiger partial charge in [-0.3, -0.25) is 4.79 Å². The van der Waals surface area contributed by atoms with Crippen LogP contribution in [0.15, 0.2) is 18.2 Å². The van der Waals surface area contributed by atoms with Crippen LogP contribution < -0.4 is 5.32 Å². The molecule has 0 heterocycles. The highest BCUT2D eigenvalue weighted by molar-refractivity contribution is 5.68. The van der Waals surface area contributed by atoms with Crippen LogP contribution in [0.5, 0.6) is 0 Å². The summed E-state index contributed by atoms with van der Waals surface area (Å²) in [6.07, 6.45) is 0.123. The number of aliphatic carboxylic acids is 1. The summed E-state index contributed by atoms with van der Waals surface area (Å²) in [4.78, 5) is 10.8. The Bertz CT molecular complexity index is 374. The lowest BCUT2D eigenvalue weighted by molar-refractivity contribution is -0.137. The van der Waals surface area contributed by atoms with Crippen molar-refractivity contribution in [3.63, 3.8) is 0 Å². The van der Waals surface area contributed by atoms with Gasteiger partial charge in [0.05, 0.1) is 6.42 Å². The number of carboxylic acids is 1. The number of benzene rings is 1. The van der Waals surface area contributed by atoms with Crippen molar-refractivity contribution in [2.75, 3.05) is 6.54 Å². The zero-order chi connectivity index (χ0) is 12.1. The fourth-order valence-electron chi connectivity index (χ4n) is 1.93. The Hall–Kier alpha value is -1.35. The van der Waals surface area contributed by atoms with Gasteiger partial charge in [0.15, 0.2) is 0 Å². The topological polar surface area (TPSA) is 49.3 Å². The first-order chi connectivity index (χ1) is 7.54. The summed E-state index contributed by atoms with van der Waals surface area (Å²) in [6, 6.07) is 6.03. The van der Waals surface area contributed by atoms with Crippen LogP contribution >= 0.6 is 0 Å². The molecule has 0 aliphatic rings. The van der Waals surface area contributed by atoms with Crippen molar-refractivity contribution in [1.82, 2.24) is 5.32 Å². The van der Waals surface area contributed by atoms with E-state index >= 15 is 0 Å². The van der Waals surface area contributed by atoms with Gasteiger partial charge in [0, 0.05) is 6.04 Å². The van der Waals surface area contributed by atoms with E-state index in [2.05, 4.69) is 11.4 Å². The number of carbonyl (C=O) groups is 1. The molecular weight excluding hydrogens is 202 g/mol. The van der Waals surface area contributed by atoms with E-state index in [4.69, 9.17) is 5.11 Å². The maximum atomic E-state index is 10.8. The van der Waals surface area contributed by atoms with Gasteiger partial charge in [0.2, 0.25) is 0 Å². The summed E-state index contributed by atoms with van der Waals surface area (Å²) in [7, 11) is 0. The molecule has 1 unspecified atom stereocenters. The maximum absolute atomic E-state index is 10.8. The summed E-state index contributed by atoms with van der Waals surface area (Å²) in [6.45, 7) is 6.81. The molecule has 1 aromatic rings. The van der Waals surface area contributed by atoms with Crippen molar-refractivity contribution in [2.45, 2.75) is 33.2 Å². The molecule has 0 bridgehead atoms. The van der Waals surface area contributed by atoms with Crippen LogP contribution in [0.25, 0.3) is 0 Å². The molecule has 0 fully saturated rings. The maximum Gasteiger partial charge on any atom is 0.305 e. The van der Waals surface area contributed by atoms with Crippen molar-refractivity contribution in [3.05, 3.63) is 34.9 Å². The van der Waals surface area contributed by atoms with Crippen LogP contribution in [0.2, 0.25) is 0 Å². The average Bonchev–Trinajstić information content (AvgIpc) is 2.16. The molecule has 0 saturated heterocycles. The van der Waals surface area contributed by atoms with E-state index in [1.165, 1.54) is 5.56 Å². The highest BCUT2D eigenvalue weighted by atomic mass is 16.4. The Morgan fingerprint density at radius 3 is 2.62 bits per heavy atom. The second kappa shape index (κ2) is 5.66. The molecule has 0 aromatic heterocycles. The van der Waals surface area contributed by atoms with Crippen molar-refractivity contribution in [2.24, 2.45) is 0 Å². The van der Waals surface area contributed by atoms with Crippen LogP contribution in [0.1, 0.15) is 36.1 Å². The Morgan fingerprint density at radius 2 is 2.12 bits per heavy atom. The first-order valence-corrected chi connectivity index (χ1v) is 5.57. The Labute approximate surface area is 96.5 Å². The molecule has 2 N–H and O–H groups in total. The molecule has 0 amide bonds. The van der Waals surface area contributed by atoms with Crippen molar-refractivity contribution < 1.29 is 9.90 Å². The van der Waals surface area contributed by atoms with Gasteiger partial charge in [-0.05, 0) is 31.5 Å². The van der Waals surface area contributed by atoms with Crippen molar-refractivity contribution in [1.29, 1.82) is 0 Å². The molecule has 0 saturated carbocycles. The first kappa shape index (κ1) is 12.7. The second-order valence-electron chi connectivity index (χ2n) is 4.07. The molecule has 1 rings (SSSR count). The highest BCUT2D eigenvalue weighted by Crippen LogP contribution is 2.21. The Morgan fingerprint density at radius 1 is 1.44 bits per heavy atom. The van der Waals surface area contributed by atoms with Gasteiger partial charge in [0.1, 0.15) is 0 Å². The van der Waals surface area contributed by atoms with E-state index in [1.54, 1.807) is 0 Å². The summed E-state index contributed by atoms with van der Waals surface area (Å²) in [5, 5.41) is 12.1. The van der Waals surface area contributed by atoms with Crippen LogP contribution in [0.4, 0.5) is 0 Å². The SMILES string of the molecule is CCNC(CC(=O)O)c1ccc(C)cc1C. The van der Waals surface area contributed by atoms with Crippen LogP contribution in [0.3, 0.4) is 0 Å². The van der Waals surface area contributed by atoms with Crippen LogP contribution in [-0.2, 0) is 4.79 Å². The molecule has 16 heavy (non-hydrogen) atoms. The second-order valence-corrected chi connectivity index (χ2v) is 4.07. The third-order valence-electron chi connectivity index (χ3n) is 2.63. The molecule has 3 heteroatoms. The standard InChI is InChI=1S/C13H19NO2/c1-4-14-12(8-13(15)16)11-6-5-9(2)7-10(11)3/h5-7,12,14H,4,8H2,1-3H3,(H,15,16). The van der Waals surface area contributed by atoms with Crippen molar-refractivity contribution in [3.8, 4) is 0 Å². The number of hydrogen-bond acceptors (Lipinski definition) is 2. The van der Waals surface area contributed by atoms with Gasteiger partial charge >= 0.3 is 5.97 Å². The third kappa shape index (κ3) is 3.35. The predicted molar refractivity (Wildman–Crippen MR) is 64.6 cm³/mol. The number of rotatable bonds is 5. The molecule has 3 nitrogen and oxygen atoms in total. The Balaban J connectivity index is 2.95. The van der Waals surface area contributed by atoms with E-state index in [0.717, 1.165) is 17.7 Å². The molecular formula is C13H19NO2. The molecule has 0 radical (unpaired) electrons. The lowest BCUT2D eigenvalue weighted by Gasteiger charge is -2.18. The van der Waals surface area contributed by atoms with Gasteiger partial charge in [-0.25, -0.2) is 0 Å². The average molecular weight is 221 g/mol. The van der Waals surface area contributed by atoms with Crippen LogP contribution in [0, 0.1) is 13.8 Å². The monoisotopic (exact) mass is 221 g/mol. The van der Waals surface area contributed by atoms with Gasteiger partial charge < -0.3 is 10.4 Å². The number of carboxylic acid groups (broad SMARTS) is 1. The highest BCUT2D eigenvalue weighted by Gasteiger charge is 2.15. The lowest BCUT2D eigenvalue weighted by Crippen LogP contribution is -2.24. The van der Waals surface area contributed by atoms with Gasteiger partial charge in [-0.15, -0.1) is 0 Å². The van der Waals surface area contributed by atoms with E-state index < -0.39 is 5.97 Å². The largest absolute Gasteiger partial charge is 0.481 e. The summed E-state index contributed by atoms with van der Waals surface area (Å²) in [5.41, 5.74) is 3.42. The molecule has 0 aliphatic heterocycles. The predicted octanol–water partition coefficient (Wildman–Crippen LogP) is 2.43. The Kier molecular flexibility index (Phi) is 4.50. The van der Waals surface area contributed by atoms with E-state index in [0.29, 0.717) is 0 Å². The molecule has 88 valence electrons. The fourth-order valence-corrected chi connectivity index (χ4v) is 1.93. The summed E-state index contributed by atoms with van der Waals surface area (Å²) >= 11 is 0. The lowest BCUT2D eigenvalue weighted by atomic mass is 9.97. The summed E-state index contributed by atoms with van der Waals surface area (Å²) in [5.74, 6) is -0.772. The van der Waals surface area contributed by atoms with Gasteiger partial charge in [-0.1, -0.05) is 30.7 Å². The smallest absolute Gasteiger partial charge is 0.305 e. The minimum Gasteiger partial charge on any atom is -0.481 e. The number of hydrogen-bond donors (Lipinski definition) is 2. The van der Waals surface area contributed by atoms with Gasteiger partial charge in [0.25, 0.3) is 0 Å². The molecule has 1 aromatic carbocycles. The minimum absolute atomic E-state index is 0.0944. The van der Waals surface area contributed by atoms with Crippen molar-refractivity contribution >= 4 is 5.97 Å². The quantitative estimate of drug-likeness (QED) is 0.802. The number of nitrogens with one attached hydrogen (secondary N) is 1. The molecule has 0 spiro atoms. The third-order valence-corrected chi connectivity index (χ3v) is 2.63. The first-order valence-electron chi connectivity index (χ1n) is 5.57. The minimum atomic E-state index is -0.772. The molecule has 0 aliphatic carbocycles. The molecule has 1 atom stereocenters. The normalized spacial score (nSPS) is 12.4. The summed E-state index contributed by atoms with van der Waals surface area (Å²) < 4.78 is 0. The van der Waals surface area contributed by atoms with E-state index in [1.807, 2.05) is 32.9 Å². The van der Waals surface area contributed by atoms with Gasteiger partial charge in [-0.2, -0.15) is 0 Å². The zero-order valence-corrected chi connectivity index (χ0v) is 10.1. The van der Waals surface area contributed by atoms with E-state index in [9.17, 15) is 4.79 Å².